The molecule has 1 aliphatic carbocycles. The van der Waals surface area contributed by atoms with Gasteiger partial charge in [-0.2, -0.15) is 0 Å². The number of carboxylic acid groups (broad SMARTS) is 1. The molecule has 3 N–H and O–H groups in total. The average molecular weight is 388 g/mol. The Morgan fingerprint density at radius 2 is 1.52 bits per heavy atom. The van der Waals surface area contributed by atoms with Crippen LogP contribution in [0.5, 0.6) is 0 Å². The maximum Gasteiger partial charge on any atom is 0.329 e. The van der Waals surface area contributed by atoms with E-state index in [2.05, 4.69) is 10.0 Å². The minimum atomic E-state index is -3.71. The second-order valence-corrected chi connectivity index (χ2v) is 8.23. The minimum absolute atomic E-state index is 0.136. The molecule has 142 valence electrons. The minimum Gasteiger partial charge on any atom is -0.480 e. The summed E-state index contributed by atoms with van der Waals surface area (Å²) in [6.07, 6.45) is 2.33. The number of nitrogens with one attached hydrogen (secondary N) is 2. The first-order chi connectivity index (χ1) is 12.8. The molecule has 0 unspecified atom stereocenters. The van der Waals surface area contributed by atoms with Crippen LogP contribution < -0.4 is 10.0 Å². The van der Waals surface area contributed by atoms with Crippen molar-refractivity contribution in [2.24, 2.45) is 0 Å². The van der Waals surface area contributed by atoms with Crippen LogP contribution in [0.15, 0.2) is 59.5 Å². The van der Waals surface area contributed by atoms with Crippen LogP contribution in [0.3, 0.4) is 0 Å². The van der Waals surface area contributed by atoms with Crippen LogP contribution in [0.25, 0.3) is 0 Å². The van der Waals surface area contributed by atoms with Gasteiger partial charge in [0.15, 0.2) is 0 Å². The van der Waals surface area contributed by atoms with Crippen molar-refractivity contribution in [2.75, 3.05) is 4.72 Å². The lowest BCUT2D eigenvalue weighted by Crippen LogP contribution is -2.52. The SMILES string of the molecule is O=C(NC1(C(=O)O)CCCC1)c1ccc(NS(=O)(=O)c2ccccc2)cc1. The Kier molecular flexibility index (Phi) is 5.18. The third-order valence-electron chi connectivity index (χ3n) is 4.67. The van der Waals surface area contributed by atoms with Crippen molar-refractivity contribution in [1.29, 1.82) is 0 Å². The van der Waals surface area contributed by atoms with Crippen molar-refractivity contribution in [2.45, 2.75) is 36.1 Å². The Labute approximate surface area is 157 Å². The maximum atomic E-state index is 12.4. The summed E-state index contributed by atoms with van der Waals surface area (Å²) in [6.45, 7) is 0. The normalized spacial score (nSPS) is 15.9. The summed E-state index contributed by atoms with van der Waals surface area (Å²) in [5, 5.41) is 12.1. The highest BCUT2D eigenvalue weighted by Gasteiger charge is 2.42. The zero-order chi connectivity index (χ0) is 19.5. The van der Waals surface area contributed by atoms with E-state index in [1.54, 1.807) is 18.2 Å². The van der Waals surface area contributed by atoms with Crippen molar-refractivity contribution in [3.63, 3.8) is 0 Å². The number of aliphatic carboxylic acids is 1. The third-order valence-corrected chi connectivity index (χ3v) is 6.07. The number of rotatable bonds is 6. The number of carbonyl (C=O) groups is 2. The summed E-state index contributed by atoms with van der Waals surface area (Å²) in [4.78, 5) is 24.1. The average Bonchev–Trinajstić information content (AvgIpc) is 3.12. The summed E-state index contributed by atoms with van der Waals surface area (Å²) < 4.78 is 27.1. The predicted octanol–water partition coefficient (Wildman–Crippen LogP) is 2.61. The number of anilines is 1. The van der Waals surface area contributed by atoms with E-state index in [1.165, 1.54) is 36.4 Å². The number of carboxylic acids is 1. The van der Waals surface area contributed by atoms with Gasteiger partial charge in [0.25, 0.3) is 15.9 Å². The summed E-state index contributed by atoms with van der Waals surface area (Å²) >= 11 is 0. The molecule has 0 radical (unpaired) electrons. The van der Waals surface area contributed by atoms with Gasteiger partial charge >= 0.3 is 5.97 Å². The van der Waals surface area contributed by atoms with Gasteiger partial charge < -0.3 is 10.4 Å². The van der Waals surface area contributed by atoms with E-state index in [0.717, 1.165) is 12.8 Å². The van der Waals surface area contributed by atoms with Crippen LogP contribution in [0, 0.1) is 0 Å². The highest BCUT2D eigenvalue weighted by molar-refractivity contribution is 7.92. The summed E-state index contributed by atoms with van der Waals surface area (Å²) in [7, 11) is -3.71. The Hall–Kier alpha value is -2.87. The number of hydrogen-bond donors (Lipinski definition) is 3. The molecular weight excluding hydrogens is 368 g/mol. The van der Waals surface area contributed by atoms with Crippen LogP contribution in [-0.4, -0.2) is 30.9 Å². The van der Waals surface area contributed by atoms with Crippen LogP contribution in [0.2, 0.25) is 0 Å². The molecule has 8 heteroatoms. The molecule has 0 aliphatic heterocycles. The molecule has 0 bridgehead atoms. The fourth-order valence-electron chi connectivity index (χ4n) is 3.16. The van der Waals surface area contributed by atoms with Crippen molar-refractivity contribution in [3.05, 3.63) is 60.2 Å². The highest BCUT2D eigenvalue weighted by atomic mass is 32.2. The largest absolute Gasteiger partial charge is 0.480 e. The van der Waals surface area contributed by atoms with Crippen molar-refractivity contribution in [3.8, 4) is 0 Å². The van der Waals surface area contributed by atoms with Crippen molar-refractivity contribution in [1.82, 2.24) is 5.32 Å². The number of sulfonamides is 1. The van der Waals surface area contributed by atoms with Gasteiger partial charge in [-0.1, -0.05) is 31.0 Å². The van der Waals surface area contributed by atoms with E-state index in [4.69, 9.17) is 0 Å². The molecular formula is C19H20N2O5S. The molecule has 0 spiro atoms. The van der Waals surface area contributed by atoms with Gasteiger partial charge in [-0.25, -0.2) is 13.2 Å². The van der Waals surface area contributed by atoms with E-state index in [0.29, 0.717) is 18.5 Å². The number of carbonyl (C=O) groups excluding carboxylic acids is 1. The van der Waals surface area contributed by atoms with Gasteiger partial charge in [0.05, 0.1) is 4.90 Å². The first kappa shape index (κ1) is 18.9. The zero-order valence-corrected chi connectivity index (χ0v) is 15.3. The van der Waals surface area contributed by atoms with E-state index >= 15 is 0 Å². The second kappa shape index (κ2) is 7.40. The predicted molar refractivity (Wildman–Crippen MR) is 100.0 cm³/mol. The summed E-state index contributed by atoms with van der Waals surface area (Å²) in [5.74, 6) is -1.52. The van der Waals surface area contributed by atoms with Crippen LogP contribution in [0.1, 0.15) is 36.0 Å². The van der Waals surface area contributed by atoms with Gasteiger partial charge in [-0.15, -0.1) is 0 Å². The van der Waals surface area contributed by atoms with E-state index in [1.807, 2.05) is 0 Å². The van der Waals surface area contributed by atoms with Crippen LogP contribution in [0.4, 0.5) is 5.69 Å². The highest BCUT2D eigenvalue weighted by Crippen LogP contribution is 2.30. The second-order valence-electron chi connectivity index (χ2n) is 6.54. The number of hydrogen-bond acceptors (Lipinski definition) is 4. The molecule has 2 aromatic rings. The zero-order valence-electron chi connectivity index (χ0n) is 14.5. The van der Waals surface area contributed by atoms with Gasteiger partial charge in [-0.3, -0.25) is 9.52 Å². The van der Waals surface area contributed by atoms with Gasteiger partial charge in [0, 0.05) is 11.3 Å². The van der Waals surface area contributed by atoms with Crippen molar-refractivity contribution < 1.29 is 23.1 Å². The lowest BCUT2D eigenvalue weighted by Gasteiger charge is -2.25. The molecule has 0 atom stereocenters. The van der Waals surface area contributed by atoms with Crippen molar-refractivity contribution >= 4 is 27.6 Å². The lowest BCUT2D eigenvalue weighted by molar-refractivity contribution is -0.144. The molecule has 3 rings (SSSR count). The molecule has 7 nitrogen and oxygen atoms in total. The quantitative estimate of drug-likeness (QED) is 0.704. The summed E-state index contributed by atoms with van der Waals surface area (Å²) in [6, 6.07) is 13.8. The topological polar surface area (TPSA) is 113 Å². The molecule has 1 fully saturated rings. The molecule has 27 heavy (non-hydrogen) atoms. The van der Waals surface area contributed by atoms with E-state index in [9.17, 15) is 23.1 Å². The molecule has 2 aromatic carbocycles. The fraction of sp³-hybridized carbons (Fsp3) is 0.263. The standard InChI is InChI=1S/C19H20N2O5S/c22-17(20-19(18(23)24)12-4-5-13-19)14-8-10-15(11-9-14)21-27(25,26)16-6-2-1-3-7-16/h1-3,6-11,21H,4-5,12-13H2,(H,20,22)(H,23,24). The molecule has 0 aromatic heterocycles. The summed E-state index contributed by atoms with van der Waals surface area (Å²) in [5.41, 5.74) is -0.639. The maximum absolute atomic E-state index is 12.4. The molecule has 0 heterocycles. The number of benzene rings is 2. The van der Waals surface area contributed by atoms with Gasteiger partial charge in [0.2, 0.25) is 0 Å². The molecule has 1 aliphatic rings. The molecule has 1 amide bonds. The Morgan fingerprint density at radius 3 is 2.07 bits per heavy atom. The molecule has 0 saturated heterocycles. The van der Waals surface area contributed by atoms with Crippen LogP contribution >= 0.6 is 0 Å². The fourth-order valence-corrected chi connectivity index (χ4v) is 4.24. The smallest absolute Gasteiger partial charge is 0.329 e. The monoisotopic (exact) mass is 388 g/mol. The Morgan fingerprint density at radius 1 is 0.926 bits per heavy atom. The van der Waals surface area contributed by atoms with E-state index in [-0.39, 0.29) is 10.5 Å². The first-order valence-corrected chi connectivity index (χ1v) is 10.0. The first-order valence-electron chi connectivity index (χ1n) is 8.56. The van der Waals surface area contributed by atoms with Crippen LogP contribution in [-0.2, 0) is 14.8 Å². The van der Waals surface area contributed by atoms with E-state index < -0.39 is 27.4 Å². The lowest BCUT2D eigenvalue weighted by atomic mass is 9.97. The van der Waals surface area contributed by atoms with Gasteiger partial charge in [0.1, 0.15) is 5.54 Å². The molecule has 1 saturated carbocycles. The third kappa shape index (κ3) is 4.11. The Bertz CT molecular complexity index is 934. The Balaban J connectivity index is 1.72. The van der Waals surface area contributed by atoms with Gasteiger partial charge in [-0.05, 0) is 49.2 Å². The number of amides is 1.